The van der Waals surface area contributed by atoms with Gasteiger partial charge in [-0.05, 0) is 67.8 Å². The summed E-state index contributed by atoms with van der Waals surface area (Å²) in [6.07, 6.45) is 15.1. The fourth-order valence-electron chi connectivity index (χ4n) is 6.55. The molecule has 2 heteroatoms. The predicted octanol–water partition coefficient (Wildman–Crippen LogP) is 3.95. The van der Waals surface area contributed by atoms with Crippen molar-refractivity contribution in [2.24, 2.45) is 35.0 Å². The van der Waals surface area contributed by atoms with Gasteiger partial charge in [0.25, 0.3) is 0 Å². The molecule has 4 aliphatic rings. The Morgan fingerprint density at radius 1 is 1.22 bits per heavy atom. The molecule has 0 N–H and O–H groups in total. The van der Waals surface area contributed by atoms with Crippen LogP contribution in [0, 0.1) is 47.3 Å². The molecule has 0 bridgehead atoms. The highest BCUT2D eigenvalue weighted by Gasteiger charge is 2.57. The molecule has 0 amide bonds. The summed E-state index contributed by atoms with van der Waals surface area (Å²) >= 11 is 0. The smallest absolute Gasteiger partial charge is 0.155 e. The third-order valence-electron chi connectivity index (χ3n) is 7.55. The highest BCUT2D eigenvalue weighted by atomic mass is 16.1. The summed E-state index contributed by atoms with van der Waals surface area (Å²) in [5, 5.41) is 0. The van der Waals surface area contributed by atoms with Crippen LogP contribution in [0.25, 0.3) is 0 Å². The summed E-state index contributed by atoms with van der Waals surface area (Å²) in [5.74, 6) is 6.30. The maximum Gasteiger partial charge on any atom is 0.155 e. The summed E-state index contributed by atoms with van der Waals surface area (Å²) < 4.78 is 0. The molecule has 0 spiro atoms. The number of carbonyl (C=O) groups excluding carboxylic acids is 2. The third kappa shape index (κ3) is 2.16. The van der Waals surface area contributed by atoms with Crippen molar-refractivity contribution in [3.63, 3.8) is 0 Å². The van der Waals surface area contributed by atoms with Crippen LogP contribution in [-0.2, 0) is 9.59 Å². The van der Waals surface area contributed by atoms with Crippen LogP contribution in [0.2, 0.25) is 0 Å². The van der Waals surface area contributed by atoms with Crippen molar-refractivity contribution in [2.75, 3.05) is 0 Å². The number of rotatable bonds is 1. The van der Waals surface area contributed by atoms with E-state index >= 15 is 0 Å². The largest absolute Gasteiger partial charge is 0.299 e. The molecule has 3 saturated carbocycles. The predicted molar refractivity (Wildman–Crippen MR) is 89.4 cm³/mol. The summed E-state index contributed by atoms with van der Waals surface area (Å²) in [4.78, 5) is 24.5. The van der Waals surface area contributed by atoms with Crippen molar-refractivity contribution in [2.45, 2.75) is 58.3 Å². The number of carbonyl (C=O) groups is 2. The van der Waals surface area contributed by atoms with Gasteiger partial charge in [0.15, 0.2) is 5.78 Å². The lowest BCUT2D eigenvalue weighted by atomic mass is 9.50. The Hall–Kier alpha value is -1.36. The van der Waals surface area contributed by atoms with E-state index in [-0.39, 0.29) is 11.2 Å². The van der Waals surface area contributed by atoms with Crippen molar-refractivity contribution < 1.29 is 9.59 Å². The zero-order valence-electron chi connectivity index (χ0n) is 14.0. The minimum Gasteiger partial charge on any atom is -0.299 e. The molecule has 0 aromatic carbocycles. The van der Waals surface area contributed by atoms with E-state index in [2.05, 4.69) is 12.8 Å². The van der Waals surface area contributed by atoms with Crippen LogP contribution in [0.1, 0.15) is 58.3 Å². The number of Topliss-reactive ketones (excluding diaryl/α,β-unsaturated/α-hetero) is 1. The van der Waals surface area contributed by atoms with Crippen molar-refractivity contribution in [1.29, 1.82) is 0 Å². The molecular weight excluding hydrogens is 284 g/mol. The lowest BCUT2D eigenvalue weighted by Gasteiger charge is -2.53. The second kappa shape index (κ2) is 5.33. The van der Waals surface area contributed by atoms with E-state index in [1.807, 2.05) is 6.08 Å². The van der Waals surface area contributed by atoms with Crippen molar-refractivity contribution >= 4 is 11.6 Å². The summed E-state index contributed by atoms with van der Waals surface area (Å²) in [7, 11) is 0. The standard InChI is InChI=1S/C21H26O2/c1-3-4-13-11-15(22)12-14-5-6-16-17(20(13)14)9-10-21(2)18(16)7-8-19(21)23/h1,12-13,16-18,20H,4-11H2,2H3. The van der Waals surface area contributed by atoms with Gasteiger partial charge in [0.05, 0.1) is 0 Å². The molecule has 0 aliphatic heterocycles. The van der Waals surface area contributed by atoms with Crippen LogP contribution in [0.5, 0.6) is 0 Å². The second-order valence-electron chi connectivity index (χ2n) is 8.47. The van der Waals surface area contributed by atoms with Gasteiger partial charge in [0, 0.05) is 24.7 Å². The molecule has 6 atom stereocenters. The topological polar surface area (TPSA) is 34.1 Å². The van der Waals surface area contributed by atoms with E-state index in [1.165, 1.54) is 5.57 Å². The zero-order chi connectivity index (χ0) is 16.2. The molecule has 0 aromatic rings. The molecular formula is C21H26O2. The van der Waals surface area contributed by atoms with Gasteiger partial charge in [0.2, 0.25) is 0 Å². The van der Waals surface area contributed by atoms with Gasteiger partial charge in [0.1, 0.15) is 5.78 Å². The van der Waals surface area contributed by atoms with Crippen LogP contribution in [0.15, 0.2) is 11.6 Å². The number of ketones is 2. The number of hydrogen-bond donors (Lipinski definition) is 0. The maximum absolute atomic E-state index is 12.4. The first-order valence-corrected chi connectivity index (χ1v) is 9.24. The lowest BCUT2D eigenvalue weighted by molar-refractivity contribution is -0.131. The molecule has 3 fully saturated rings. The third-order valence-corrected chi connectivity index (χ3v) is 7.55. The van der Waals surface area contributed by atoms with Crippen molar-refractivity contribution in [3.8, 4) is 12.3 Å². The second-order valence-corrected chi connectivity index (χ2v) is 8.47. The number of hydrogen-bond acceptors (Lipinski definition) is 2. The summed E-state index contributed by atoms with van der Waals surface area (Å²) in [6.45, 7) is 2.22. The molecule has 0 aromatic heterocycles. The van der Waals surface area contributed by atoms with Crippen LogP contribution in [0.4, 0.5) is 0 Å². The molecule has 4 rings (SSSR count). The fraction of sp³-hybridized carbons (Fsp3) is 0.714. The molecule has 23 heavy (non-hydrogen) atoms. The van der Waals surface area contributed by atoms with Crippen molar-refractivity contribution in [1.82, 2.24) is 0 Å². The average Bonchev–Trinajstić information content (AvgIpc) is 2.82. The summed E-state index contributed by atoms with van der Waals surface area (Å²) in [5.41, 5.74) is 1.31. The van der Waals surface area contributed by atoms with Gasteiger partial charge in [-0.2, -0.15) is 0 Å². The summed E-state index contributed by atoms with van der Waals surface area (Å²) in [6, 6.07) is 0. The van der Waals surface area contributed by atoms with E-state index in [1.54, 1.807) is 0 Å². The monoisotopic (exact) mass is 310 g/mol. The number of fused-ring (bicyclic) bond motifs is 5. The fourth-order valence-corrected chi connectivity index (χ4v) is 6.55. The molecule has 6 unspecified atom stereocenters. The molecule has 0 heterocycles. The van der Waals surface area contributed by atoms with E-state index in [0.29, 0.717) is 41.8 Å². The Kier molecular flexibility index (Phi) is 3.52. The minimum absolute atomic E-state index is 0.0610. The molecule has 0 saturated heterocycles. The van der Waals surface area contributed by atoms with E-state index in [0.717, 1.165) is 44.9 Å². The molecule has 2 nitrogen and oxygen atoms in total. The van der Waals surface area contributed by atoms with Gasteiger partial charge in [-0.15, -0.1) is 12.3 Å². The average molecular weight is 310 g/mol. The Labute approximate surface area is 139 Å². The Balaban J connectivity index is 1.67. The van der Waals surface area contributed by atoms with Crippen LogP contribution < -0.4 is 0 Å². The molecule has 4 aliphatic carbocycles. The van der Waals surface area contributed by atoms with Crippen LogP contribution >= 0.6 is 0 Å². The van der Waals surface area contributed by atoms with Crippen LogP contribution in [-0.4, -0.2) is 11.6 Å². The molecule has 0 radical (unpaired) electrons. The lowest BCUT2D eigenvalue weighted by Crippen LogP contribution is -2.48. The SMILES string of the molecule is C#CCC1CC(=O)C=C2CCC3C(CCC4(C)C(=O)CCC34)C21. The van der Waals surface area contributed by atoms with Gasteiger partial charge >= 0.3 is 0 Å². The van der Waals surface area contributed by atoms with E-state index < -0.39 is 0 Å². The number of allylic oxidation sites excluding steroid dienone is 1. The Morgan fingerprint density at radius 3 is 2.83 bits per heavy atom. The zero-order valence-corrected chi connectivity index (χ0v) is 14.0. The van der Waals surface area contributed by atoms with Gasteiger partial charge in [-0.3, -0.25) is 9.59 Å². The van der Waals surface area contributed by atoms with Gasteiger partial charge in [-0.1, -0.05) is 12.5 Å². The van der Waals surface area contributed by atoms with Crippen molar-refractivity contribution in [3.05, 3.63) is 11.6 Å². The molecule has 122 valence electrons. The maximum atomic E-state index is 12.4. The first kappa shape index (κ1) is 15.2. The highest BCUT2D eigenvalue weighted by molar-refractivity contribution is 5.91. The number of terminal acetylenes is 1. The first-order chi connectivity index (χ1) is 11.0. The van der Waals surface area contributed by atoms with E-state index in [4.69, 9.17) is 6.42 Å². The quantitative estimate of drug-likeness (QED) is 0.687. The van der Waals surface area contributed by atoms with Crippen LogP contribution in [0.3, 0.4) is 0 Å². The van der Waals surface area contributed by atoms with E-state index in [9.17, 15) is 9.59 Å². The Bertz CT molecular complexity index is 622. The Morgan fingerprint density at radius 2 is 2.04 bits per heavy atom. The normalized spacial score (nSPS) is 45.6. The van der Waals surface area contributed by atoms with Gasteiger partial charge in [-0.25, -0.2) is 0 Å². The first-order valence-electron chi connectivity index (χ1n) is 9.24. The highest BCUT2D eigenvalue weighted by Crippen LogP contribution is 2.61. The van der Waals surface area contributed by atoms with Gasteiger partial charge < -0.3 is 0 Å². The minimum atomic E-state index is -0.0610.